The number of aryl methyl sites for hydroxylation is 1. The van der Waals surface area contributed by atoms with Gasteiger partial charge >= 0.3 is 5.97 Å². The number of ether oxygens (including phenoxy) is 1. The standard InChI is InChI=1S/C14H16N2O3S2/c1-2-19-13(18)11-8-5-3-4-6-9(8)21-12(11)16-10(17)7-20-14(16)15/h15H,2-7H2,1H3. The van der Waals surface area contributed by atoms with Crippen molar-refractivity contribution >= 4 is 45.1 Å². The number of thiophene rings is 1. The minimum absolute atomic E-state index is 0.130. The summed E-state index contributed by atoms with van der Waals surface area (Å²) in [7, 11) is 0. The molecule has 21 heavy (non-hydrogen) atoms. The second kappa shape index (κ2) is 5.81. The fourth-order valence-corrected chi connectivity index (χ4v) is 4.87. The maximum absolute atomic E-state index is 12.3. The van der Waals surface area contributed by atoms with Gasteiger partial charge in [-0.3, -0.25) is 10.2 Å². The largest absolute Gasteiger partial charge is 0.462 e. The highest BCUT2D eigenvalue weighted by atomic mass is 32.2. The minimum atomic E-state index is -0.371. The van der Waals surface area contributed by atoms with Crippen LogP contribution >= 0.6 is 23.1 Å². The van der Waals surface area contributed by atoms with Crippen molar-refractivity contribution in [2.75, 3.05) is 17.3 Å². The Bertz CT molecular complexity index is 608. The number of amidine groups is 1. The predicted octanol–water partition coefficient (Wildman–Crippen LogP) is 2.82. The molecule has 1 aliphatic carbocycles. The molecule has 1 aromatic rings. The Morgan fingerprint density at radius 3 is 2.81 bits per heavy atom. The van der Waals surface area contributed by atoms with Crippen LogP contribution in [-0.4, -0.2) is 29.4 Å². The summed E-state index contributed by atoms with van der Waals surface area (Å²) in [5.41, 5.74) is 1.54. The van der Waals surface area contributed by atoms with E-state index >= 15 is 0 Å². The fraction of sp³-hybridized carbons (Fsp3) is 0.500. The van der Waals surface area contributed by atoms with Crippen LogP contribution in [0.25, 0.3) is 0 Å². The van der Waals surface area contributed by atoms with Gasteiger partial charge in [0, 0.05) is 4.88 Å². The Morgan fingerprint density at radius 1 is 1.38 bits per heavy atom. The van der Waals surface area contributed by atoms with E-state index in [-0.39, 0.29) is 22.8 Å². The quantitative estimate of drug-likeness (QED) is 0.868. The maximum atomic E-state index is 12.3. The van der Waals surface area contributed by atoms with Crippen molar-refractivity contribution in [2.24, 2.45) is 0 Å². The third-order valence-electron chi connectivity index (χ3n) is 3.62. The summed E-state index contributed by atoms with van der Waals surface area (Å²) in [4.78, 5) is 26.9. The Morgan fingerprint density at radius 2 is 2.14 bits per heavy atom. The van der Waals surface area contributed by atoms with Gasteiger partial charge in [0.05, 0.1) is 17.9 Å². The van der Waals surface area contributed by atoms with Gasteiger partial charge < -0.3 is 4.74 Å². The number of amides is 1. The van der Waals surface area contributed by atoms with E-state index in [1.165, 1.54) is 28.0 Å². The van der Waals surface area contributed by atoms with Crippen molar-refractivity contribution in [3.63, 3.8) is 0 Å². The first-order valence-electron chi connectivity index (χ1n) is 6.99. The molecule has 112 valence electrons. The number of thioether (sulfide) groups is 1. The Labute approximate surface area is 131 Å². The van der Waals surface area contributed by atoms with E-state index in [1.54, 1.807) is 6.92 Å². The van der Waals surface area contributed by atoms with Crippen LogP contribution in [0.1, 0.15) is 40.6 Å². The summed E-state index contributed by atoms with van der Waals surface area (Å²) in [6.07, 6.45) is 3.95. The van der Waals surface area contributed by atoms with Crippen LogP contribution in [0, 0.1) is 5.41 Å². The predicted molar refractivity (Wildman–Crippen MR) is 84.6 cm³/mol. The first-order chi connectivity index (χ1) is 10.1. The highest BCUT2D eigenvalue weighted by Gasteiger charge is 2.36. The van der Waals surface area contributed by atoms with E-state index in [2.05, 4.69) is 0 Å². The highest BCUT2D eigenvalue weighted by Crippen LogP contribution is 2.42. The lowest BCUT2D eigenvalue weighted by Gasteiger charge is -2.15. The number of esters is 1. The SMILES string of the molecule is CCOC(=O)c1c(N2C(=N)SCC2=O)sc2c1CCCC2. The Kier molecular flexibility index (Phi) is 4.03. The zero-order chi connectivity index (χ0) is 15.0. The number of nitrogens with zero attached hydrogens (tertiary/aromatic N) is 1. The van der Waals surface area contributed by atoms with Crippen LogP contribution in [0.5, 0.6) is 0 Å². The topological polar surface area (TPSA) is 70.5 Å². The van der Waals surface area contributed by atoms with E-state index in [0.717, 1.165) is 36.1 Å². The van der Waals surface area contributed by atoms with Crippen molar-refractivity contribution in [1.82, 2.24) is 0 Å². The van der Waals surface area contributed by atoms with Gasteiger partial charge in [-0.2, -0.15) is 0 Å². The normalized spacial score (nSPS) is 18.0. The van der Waals surface area contributed by atoms with E-state index in [9.17, 15) is 9.59 Å². The molecule has 1 N–H and O–H groups in total. The Balaban J connectivity index is 2.10. The number of nitrogens with one attached hydrogen (secondary N) is 1. The van der Waals surface area contributed by atoms with Gasteiger partial charge in [-0.15, -0.1) is 11.3 Å². The van der Waals surface area contributed by atoms with Gasteiger partial charge in [0.1, 0.15) is 5.00 Å². The number of carbonyl (C=O) groups excluding carboxylic acids is 2. The molecular formula is C14H16N2O3S2. The highest BCUT2D eigenvalue weighted by molar-refractivity contribution is 8.15. The van der Waals surface area contributed by atoms with Gasteiger partial charge in [0.2, 0.25) is 5.91 Å². The lowest BCUT2D eigenvalue weighted by atomic mass is 9.95. The van der Waals surface area contributed by atoms with Gasteiger partial charge in [-0.1, -0.05) is 11.8 Å². The third-order valence-corrected chi connectivity index (χ3v) is 5.74. The molecule has 1 amide bonds. The average Bonchev–Trinajstić information content (AvgIpc) is 2.99. The van der Waals surface area contributed by atoms with Crippen LogP contribution in [-0.2, 0) is 22.4 Å². The van der Waals surface area contributed by atoms with Crippen molar-refractivity contribution in [1.29, 1.82) is 5.41 Å². The average molecular weight is 324 g/mol. The minimum Gasteiger partial charge on any atom is -0.462 e. The van der Waals surface area contributed by atoms with E-state index in [1.807, 2.05) is 0 Å². The summed E-state index contributed by atoms with van der Waals surface area (Å²) in [5, 5.41) is 8.73. The van der Waals surface area contributed by atoms with Crippen molar-refractivity contribution < 1.29 is 14.3 Å². The number of carbonyl (C=O) groups is 2. The molecule has 2 aliphatic rings. The van der Waals surface area contributed by atoms with Crippen molar-refractivity contribution in [3.8, 4) is 0 Å². The summed E-state index contributed by atoms with van der Waals surface area (Å²) < 4.78 is 5.18. The summed E-state index contributed by atoms with van der Waals surface area (Å²) in [6.45, 7) is 2.08. The molecular weight excluding hydrogens is 308 g/mol. The fourth-order valence-electron chi connectivity index (χ4n) is 2.70. The lowest BCUT2D eigenvalue weighted by molar-refractivity contribution is -0.115. The molecule has 5 nitrogen and oxygen atoms in total. The molecule has 2 heterocycles. The molecule has 0 aromatic carbocycles. The molecule has 0 unspecified atom stereocenters. The summed E-state index contributed by atoms with van der Waals surface area (Å²) in [5.74, 6) is -0.234. The molecule has 7 heteroatoms. The van der Waals surface area contributed by atoms with Crippen LogP contribution in [0.4, 0.5) is 5.00 Å². The molecule has 3 rings (SSSR count). The monoisotopic (exact) mass is 324 g/mol. The molecule has 1 fully saturated rings. The number of anilines is 1. The van der Waals surface area contributed by atoms with Crippen LogP contribution in [0.3, 0.4) is 0 Å². The first kappa shape index (κ1) is 14.6. The van der Waals surface area contributed by atoms with E-state index < -0.39 is 0 Å². The number of hydrogen-bond acceptors (Lipinski definition) is 6. The van der Waals surface area contributed by atoms with Crippen LogP contribution in [0.2, 0.25) is 0 Å². The molecule has 0 atom stereocenters. The van der Waals surface area contributed by atoms with Gasteiger partial charge in [-0.25, -0.2) is 9.69 Å². The zero-order valence-corrected chi connectivity index (χ0v) is 13.4. The smallest absolute Gasteiger partial charge is 0.341 e. The molecule has 1 saturated heterocycles. The third kappa shape index (κ3) is 2.48. The van der Waals surface area contributed by atoms with Gasteiger partial charge in [0.25, 0.3) is 0 Å². The Hall–Kier alpha value is -1.34. The van der Waals surface area contributed by atoms with Crippen molar-refractivity contribution in [3.05, 3.63) is 16.0 Å². The van der Waals surface area contributed by atoms with Crippen LogP contribution < -0.4 is 4.90 Å². The van der Waals surface area contributed by atoms with Crippen molar-refractivity contribution in [2.45, 2.75) is 32.6 Å². The van der Waals surface area contributed by atoms with E-state index in [0.29, 0.717) is 17.2 Å². The lowest BCUT2D eigenvalue weighted by Crippen LogP contribution is -2.29. The molecule has 0 bridgehead atoms. The summed E-state index contributed by atoms with van der Waals surface area (Å²) >= 11 is 2.67. The van der Waals surface area contributed by atoms with Gasteiger partial charge in [-0.05, 0) is 38.2 Å². The van der Waals surface area contributed by atoms with Crippen LogP contribution in [0.15, 0.2) is 0 Å². The molecule has 1 aliphatic heterocycles. The summed E-state index contributed by atoms with van der Waals surface area (Å²) in [6, 6.07) is 0. The van der Waals surface area contributed by atoms with E-state index in [4.69, 9.17) is 10.1 Å². The molecule has 1 aromatic heterocycles. The number of fused-ring (bicyclic) bond motifs is 1. The second-order valence-electron chi connectivity index (χ2n) is 4.93. The number of rotatable bonds is 3. The molecule has 0 saturated carbocycles. The zero-order valence-electron chi connectivity index (χ0n) is 11.7. The first-order valence-corrected chi connectivity index (χ1v) is 8.79. The molecule has 0 radical (unpaired) electrons. The second-order valence-corrected chi connectivity index (χ2v) is 6.98. The maximum Gasteiger partial charge on any atom is 0.341 e. The molecule has 0 spiro atoms. The van der Waals surface area contributed by atoms with Gasteiger partial charge in [0.15, 0.2) is 5.17 Å². The number of hydrogen-bond donors (Lipinski definition) is 1.